The van der Waals surface area contributed by atoms with Gasteiger partial charge in [-0.05, 0) is 17.2 Å². The Morgan fingerprint density at radius 3 is 2.56 bits per heavy atom. The van der Waals surface area contributed by atoms with Crippen LogP contribution in [-0.2, 0) is 25.5 Å². The summed E-state index contributed by atoms with van der Waals surface area (Å²) < 4.78 is 12.6. The summed E-state index contributed by atoms with van der Waals surface area (Å²) in [6.07, 6.45) is 1.64. The number of aliphatic carboxylic acids is 2. The second kappa shape index (κ2) is 10.0. The van der Waals surface area contributed by atoms with Crippen molar-refractivity contribution in [3.8, 4) is 12.3 Å². The van der Waals surface area contributed by atoms with Crippen molar-refractivity contribution in [2.24, 2.45) is 0 Å². The molecule has 0 radical (unpaired) electrons. The van der Waals surface area contributed by atoms with Crippen LogP contribution in [0.5, 0.6) is 0 Å². The van der Waals surface area contributed by atoms with Crippen LogP contribution in [0.2, 0.25) is 5.28 Å². The predicted octanol–water partition coefficient (Wildman–Crippen LogP) is -0.406. The van der Waals surface area contributed by atoms with E-state index in [-0.39, 0.29) is 10.9 Å². The molecule has 1 aromatic carbocycles. The first kappa shape index (κ1) is 26.8. The Labute approximate surface area is 225 Å². The number of nitrogens with one attached hydrogen (secondary N) is 1. The van der Waals surface area contributed by atoms with E-state index in [0.717, 1.165) is 6.54 Å². The molecule has 5 N–H and O–H groups in total. The van der Waals surface area contributed by atoms with Crippen molar-refractivity contribution < 1.29 is 39.5 Å². The zero-order valence-corrected chi connectivity index (χ0v) is 20.9. The highest BCUT2D eigenvalue weighted by atomic mass is 35.5. The topological polar surface area (TPSA) is 192 Å². The maximum Gasteiger partial charge on any atom is 0.348 e. The van der Waals surface area contributed by atoms with Crippen molar-refractivity contribution >= 4 is 40.5 Å². The van der Waals surface area contributed by atoms with Gasteiger partial charge in [0.25, 0.3) is 5.60 Å². The molecule has 0 spiro atoms. The third-order valence-electron chi connectivity index (χ3n) is 6.76. The van der Waals surface area contributed by atoms with Crippen LogP contribution < -0.4 is 10.4 Å². The summed E-state index contributed by atoms with van der Waals surface area (Å²) in [6.45, 7) is 0.584. The lowest BCUT2D eigenvalue weighted by atomic mass is 9.92. The lowest BCUT2D eigenvalue weighted by Gasteiger charge is -2.32. The molecule has 2 saturated heterocycles. The molecule has 39 heavy (non-hydrogen) atoms. The third-order valence-corrected chi connectivity index (χ3v) is 6.93. The Morgan fingerprint density at radius 2 is 1.97 bits per heavy atom. The SMILES string of the molecule is C#C[C@@]1(O)[C@@H](COC(Cc2ccccc2)(C(=O)O)C(=O)O)O[C@@H](n2cnc3c(N4CCN4)nc(Cl)nc32)[C@@H]1O. The number of carboxylic acids is 2. The standard InChI is InChI=1S/C24H23ClN6O8/c1-2-23(37)14(11-38-24(20(33)34,21(35)36)10-13-6-4-3-5-7-13)39-19(16(23)32)30-12-26-15-17(30)28-22(25)29-18(15)31-9-8-27-31/h1,3-7,12,14,16,19,27,32,37H,8-11H2,(H,33,34)(H,35,36)/t14-,16+,19-,23-/m1/s1. The fourth-order valence-corrected chi connectivity index (χ4v) is 4.65. The molecule has 2 aromatic heterocycles. The largest absolute Gasteiger partial charge is 0.479 e. The van der Waals surface area contributed by atoms with Crippen LogP contribution in [0.4, 0.5) is 5.82 Å². The Balaban J connectivity index is 1.45. The van der Waals surface area contributed by atoms with Gasteiger partial charge in [0.2, 0.25) is 5.28 Å². The molecule has 2 aliphatic heterocycles. The van der Waals surface area contributed by atoms with Crippen LogP contribution in [0.3, 0.4) is 0 Å². The predicted molar refractivity (Wildman–Crippen MR) is 133 cm³/mol. The van der Waals surface area contributed by atoms with Gasteiger partial charge in [-0.1, -0.05) is 36.3 Å². The quantitative estimate of drug-likeness (QED) is 0.129. The van der Waals surface area contributed by atoms with Crippen LogP contribution in [0.1, 0.15) is 11.8 Å². The Hall–Kier alpha value is -3.84. The molecule has 14 nitrogen and oxygen atoms in total. The molecular weight excluding hydrogens is 536 g/mol. The van der Waals surface area contributed by atoms with Crippen molar-refractivity contribution in [1.82, 2.24) is 24.9 Å². The molecule has 2 aliphatic rings. The number of rotatable bonds is 9. The Bertz CT molecular complexity index is 1440. The summed E-state index contributed by atoms with van der Waals surface area (Å²) >= 11 is 6.12. The first-order valence-corrected chi connectivity index (χ1v) is 12.1. The van der Waals surface area contributed by atoms with Gasteiger partial charge in [-0.2, -0.15) is 9.97 Å². The van der Waals surface area contributed by atoms with E-state index in [4.69, 9.17) is 27.5 Å². The molecule has 3 aromatic rings. The number of hydrazine groups is 1. The average molecular weight is 559 g/mol. The highest BCUT2D eigenvalue weighted by Gasteiger charge is 2.58. The molecule has 4 heterocycles. The van der Waals surface area contributed by atoms with Crippen molar-refractivity contribution in [2.75, 3.05) is 24.7 Å². The summed E-state index contributed by atoms with van der Waals surface area (Å²) in [5.41, 5.74) is -1.21. The van der Waals surface area contributed by atoms with Gasteiger partial charge >= 0.3 is 11.9 Å². The average Bonchev–Trinajstić information content (AvgIpc) is 3.40. The molecule has 2 fully saturated rings. The van der Waals surface area contributed by atoms with Crippen LogP contribution >= 0.6 is 11.6 Å². The number of benzene rings is 1. The molecule has 15 heteroatoms. The number of anilines is 1. The maximum atomic E-state index is 12.2. The van der Waals surface area contributed by atoms with Gasteiger partial charge in [0.1, 0.15) is 12.2 Å². The Kier molecular flexibility index (Phi) is 6.89. The number of ether oxygens (including phenoxy) is 2. The number of carbonyl (C=O) groups is 2. The number of hydrogen-bond donors (Lipinski definition) is 5. The van der Waals surface area contributed by atoms with Crippen molar-refractivity contribution in [1.29, 1.82) is 0 Å². The summed E-state index contributed by atoms with van der Waals surface area (Å²) in [4.78, 5) is 37.0. The summed E-state index contributed by atoms with van der Waals surface area (Å²) in [7, 11) is 0. The first-order chi connectivity index (χ1) is 18.6. The summed E-state index contributed by atoms with van der Waals surface area (Å²) in [5, 5.41) is 43.5. The molecule has 5 rings (SSSR count). The van der Waals surface area contributed by atoms with Crippen LogP contribution in [0.25, 0.3) is 11.2 Å². The van der Waals surface area contributed by atoms with Gasteiger partial charge in [0, 0.05) is 13.0 Å². The number of halogens is 1. The minimum Gasteiger partial charge on any atom is -0.479 e. The number of terminal acetylenes is 1. The fourth-order valence-electron chi connectivity index (χ4n) is 4.49. The normalized spacial score (nSPS) is 24.9. The monoisotopic (exact) mass is 558 g/mol. The second-order valence-electron chi connectivity index (χ2n) is 9.04. The lowest BCUT2D eigenvalue weighted by Crippen LogP contribution is -2.55. The zero-order chi connectivity index (χ0) is 27.9. The fraction of sp³-hybridized carbons (Fsp3) is 0.375. The highest BCUT2D eigenvalue weighted by molar-refractivity contribution is 6.28. The van der Waals surface area contributed by atoms with E-state index >= 15 is 0 Å². The molecule has 4 atom stereocenters. The molecule has 0 aliphatic carbocycles. The minimum atomic E-state index is -2.73. The smallest absolute Gasteiger partial charge is 0.348 e. The first-order valence-electron chi connectivity index (χ1n) is 11.7. The van der Waals surface area contributed by atoms with E-state index in [1.54, 1.807) is 35.3 Å². The zero-order valence-electron chi connectivity index (χ0n) is 20.1. The van der Waals surface area contributed by atoms with Crippen molar-refractivity contribution in [2.45, 2.75) is 36.1 Å². The summed E-state index contributed by atoms with van der Waals surface area (Å²) in [5.74, 6) is -1.06. The van der Waals surface area contributed by atoms with Gasteiger partial charge in [0.15, 0.2) is 28.8 Å². The van der Waals surface area contributed by atoms with E-state index < -0.39 is 54.6 Å². The summed E-state index contributed by atoms with van der Waals surface area (Å²) in [6, 6.07) is 8.03. The molecule has 204 valence electrons. The maximum absolute atomic E-state index is 12.2. The van der Waals surface area contributed by atoms with Crippen LogP contribution in [-0.4, -0.2) is 95.0 Å². The highest BCUT2D eigenvalue weighted by Crippen LogP contribution is 2.40. The molecule has 0 unspecified atom stereocenters. The lowest BCUT2D eigenvalue weighted by molar-refractivity contribution is -0.191. The van der Waals surface area contributed by atoms with Gasteiger partial charge in [-0.25, -0.2) is 20.0 Å². The van der Waals surface area contributed by atoms with E-state index in [1.807, 2.05) is 0 Å². The van der Waals surface area contributed by atoms with Gasteiger partial charge in [-0.15, -0.1) is 6.42 Å². The number of imidazole rings is 1. The van der Waals surface area contributed by atoms with Gasteiger partial charge in [0.05, 0.1) is 19.5 Å². The van der Waals surface area contributed by atoms with Gasteiger partial charge in [-0.3, -0.25) is 9.58 Å². The van der Waals surface area contributed by atoms with Crippen LogP contribution in [0.15, 0.2) is 36.7 Å². The third kappa shape index (κ3) is 4.44. The van der Waals surface area contributed by atoms with E-state index in [9.17, 15) is 30.0 Å². The molecule has 0 amide bonds. The van der Waals surface area contributed by atoms with E-state index in [0.29, 0.717) is 23.4 Å². The van der Waals surface area contributed by atoms with Crippen LogP contribution in [0, 0.1) is 12.3 Å². The van der Waals surface area contributed by atoms with E-state index in [1.165, 1.54) is 10.9 Å². The number of nitrogens with zero attached hydrogens (tertiary/aromatic N) is 5. The molecule has 0 saturated carbocycles. The number of aliphatic hydroxyl groups excluding tert-OH is 1. The second-order valence-corrected chi connectivity index (χ2v) is 9.38. The number of aliphatic hydroxyl groups is 2. The minimum absolute atomic E-state index is 0.110. The van der Waals surface area contributed by atoms with E-state index in [2.05, 4.69) is 26.3 Å². The number of carboxylic acid groups (broad SMARTS) is 2. The molecule has 0 bridgehead atoms. The van der Waals surface area contributed by atoms with Gasteiger partial charge < -0.3 is 29.9 Å². The molecular formula is C24H23ClN6O8. The number of fused-ring (bicyclic) bond motifs is 1. The number of hydrogen-bond acceptors (Lipinski definition) is 11. The van der Waals surface area contributed by atoms with Crippen molar-refractivity contribution in [3.05, 3.63) is 47.5 Å². The Morgan fingerprint density at radius 1 is 1.28 bits per heavy atom. The number of aromatic nitrogens is 4. The van der Waals surface area contributed by atoms with Crippen molar-refractivity contribution in [3.63, 3.8) is 0 Å².